The van der Waals surface area contributed by atoms with Crippen LogP contribution < -0.4 is 10.6 Å². The van der Waals surface area contributed by atoms with Gasteiger partial charge in [-0.3, -0.25) is 5.32 Å². The van der Waals surface area contributed by atoms with Gasteiger partial charge in [0, 0.05) is 18.2 Å². The third kappa shape index (κ3) is 2.43. The zero-order valence-electron chi connectivity index (χ0n) is 7.53. The summed E-state index contributed by atoms with van der Waals surface area (Å²) in [5, 5.41) is 7.89. The fourth-order valence-corrected chi connectivity index (χ4v) is 1.78. The Labute approximate surface area is 85.5 Å². The summed E-state index contributed by atoms with van der Waals surface area (Å²) in [5.41, 5.74) is 0. The molecule has 0 aliphatic carbocycles. The molecule has 6 heteroatoms. The molecule has 76 valence electrons. The molecule has 0 bridgehead atoms. The van der Waals surface area contributed by atoms with Gasteiger partial charge >= 0.3 is 6.03 Å². The van der Waals surface area contributed by atoms with Gasteiger partial charge in [0.1, 0.15) is 0 Å². The molecule has 1 saturated heterocycles. The van der Waals surface area contributed by atoms with Gasteiger partial charge in [0.2, 0.25) is 0 Å². The van der Waals surface area contributed by atoms with E-state index in [1.165, 1.54) is 11.3 Å². The van der Waals surface area contributed by atoms with Crippen LogP contribution in [0.15, 0.2) is 11.6 Å². The minimum Gasteiger partial charge on any atom is -0.379 e. The molecular formula is C8H11N3O2S. The topological polar surface area (TPSA) is 63.2 Å². The second-order valence-corrected chi connectivity index (χ2v) is 3.89. The van der Waals surface area contributed by atoms with Crippen molar-refractivity contribution in [2.24, 2.45) is 0 Å². The first-order valence-electron chi connectivity index (χ1n) is 4.39. The average Bonchev–Trinajstić information content (AvgIpc) is 2.76. The van der Waals surface area contributed by atoms with Crippen LogP contribution >= 0.6 is 11.3 Å². The van der Waals surface area contributed by atoms with Crippen molar-refractivity contribution in [2.45, 2.75) is 12.5 Å². The highest BCUT2D eigenvalue weighted by atomic mass is 32.1. The third-order valence-electron chi connectivity index (χ3n) is 1.92. The lowest BCUT2D eigenvalue weighted by atomic mass is 10.3. The first kappa shape index (κ1) is 9.42. The monoisotopic (exact) mass is 213 g/mol. The molecule has 1 aliphatic rings. The standard InChI is InChI=1S/C8H11N3O2S/c12-7(10-6-1-3-13-5-6)11-8-9-2-4-14-8/h2,4,6H,1,3,5H2,(H2,9,10,11,12). The molecule has 0 saturated carbocycles. The minimum absolute atomic E-state index is 0.134. The SMILES string of the molecule is O=C(Nc1nccs1)NC1CCOC1. The van der Waals surface area contributed by atoms with Gasteiger partial charge in [-0.05, 0) is 6.42 Å². The molecule has 1 atom stereocenters. The molecule has 0 radical (unpaired) electrons. The molecule has 0 aromatic carbocycles. The van der Waals surface area contributed by atoms with Crippen LogP contribution in [-0.4, -0.2) is 30.3 Å². The lowest BCUT2D eigenvalue weighted by Gasteiger charge is -2.09. The highest BCUT2D eigenvalue weighted by Gasteiger charge is 2.17. The van der Waals surface area contributed by atoms with E-state index in [9.17, 15) is 4.79 Å². The molecule has 2 N–H and O–H groups in total. The largest absolute Gasteiger partial charge is 0.379 e. The van der Waals surface area contributed by atoms with Crippen molar-refractivity contribution in [2.75, 3.05) is 18.5 Å². The number of urea groups is 1. The fraction of sp³-hybridized carbons (Fsp3) is 0.500. The van der Waals surface area contributed by atoms with Gasteiger partial charge in [0.25, 0.3) is 0 Å². The van der Waals surface area contributed by atoms with Crippen LogP contribution in [0.3, 0.4) is 0 Å². The molecule has 1 aromatic rings. The normalized spacial score (nSPS) is 20.7. The Bertz CT molecular complexity index is 296. The summed E-state index contributed by atoms with van der Waals surface area (Å²) in [4.78, 5) is 15.3. The molecular weight excluding hydrogens is 202 g/mol. The number of nitrogens with one attached hydrogen (secondary N) is 2. The summed E-state index contributed by atoms with van der Waals surface area (Å²) < 4.78 is 5.14. The number of ether oxygens (including phenoxy) is 1. The minimum atomic E-state index is -0.213. The molecule has 0 spiro atoms. The third-order valence-corrected chi connectivity index (χ3v) is 2.61. The van der Waals surface area contributed by atoms with Crippen LogP contribution in [0.1, 0.15) is 6.42 Å². The van der Waals surface area contributed by atoms with Gasteiger partial charge in [-0.1, -0.05) is 0 Å². The number of thiazole rings is 1. The number of rotatable bonds is 2. The van der Waals surface area contributed by atoms with E-state index in [1.807, 2.05) is 5.38 Å². The van der Waals surface area contributed by atoms with Crippen molar-refractivity contribution < 1.29 is 9.53 Å². The lowest BCUT2D eigenvalue weighted by molar-refractivity contribution is 0.189. The van der Waals surface area contributed by atoms with Crippen LogP contribution in [0, 0.1) is 0 Å². The number of carbonyl (C=O) groups excluding carboxylic acids is 1. The number of amides is 2. The van der Waals surface area contributed by atoms with Crippen molar-refractivity contribution in [1.29, 1.82) is 0 Å². The maximum atomic E-state index is 11.4. The summed E-state index contributed by atoms with van der Waals surface area (Å²) in [5.74, 6) is 0. The number of nitrogens with zero attached hydrogens (tertiary/aromatic N) is 1. The predicted octanol–water partition coefficient (Wildman–Crippen LogP) is 1.05. The van der Waals surface area contributed by atoms with Crippen LogP contribution in [0.25, 0.3) is 0 Å². The second kappa shape index (κ2) is 4.39. The Hall–Kier alpha value is -1.14. The number of anilines is 1. The van der Waals surface area contributed by atoms with Crippen LogP contribution in [0.5, 0.6) is 0 Å². The molecule has 1 aliphatic heterocycles. The highest BCUT2D eigenvalue weighted by molar-refractivity contribution is 7.13. The van der Waals surface area contributed by atoms with Crippen LogP contribution in [0.4, 0.5) is 9.93 Å². The Kier molecular flexibility index (Phi) is 2.95. The highest BCUT2D eigenvalue weighted by Crippen LogP contribution is 2.10. The summed E-state index contributed by atoms with van der Waals surface area (Å²) in [7, 11) is 0. The zero-order valence-corrected chi connectivity index (χ0v) is 8.34. The summed E-state index contributed by atoms with van der Waals surface area (Å²) in [6, 6.07) is -0.0783. The molecule has 14 heavy (non-hydrogen) atoms. The molecule has 2 heterocycles. The lowest BCUT2D eigenvalue weighted by Crippen LogP contribution is -2.38. The number of aromatic nitrogens is 1. The van der Waals surface area contributed by atoms with Crippen molar-refractivity contribution in [1.82, 2.24) is 10.3 Å². The van der Waals surface area contributed by atoms with E-state index >= 15 is 0 Å². The molecule has 1 fully saturated rings. The number of carbonyl (C=O) groups is 1. The van der Waals surface area contributed by atoms with Gasteiger partial charge in [-0.15, -0.1) is 11.3 Å². The van der Waals surface area contributed by atoms with Crippen LogP contribution in [-0.2, 0) is 4.74 Å². The van der Waals surface area contributed by atoms with E-state index in [2.05, 4.69) is 15.6 Å². The van der Waals surface area contributed by atoms with Gasteiger partial charge in [0.15, 0.2) is 5.13 Å². The Morgan fingerprint density at radius 1 is 1.71 bits per heavy atom. The summed E-state index contributed by atoms with van der Waals surface area (Å²) >= 11 is 1.39. The zero-order chi connectivity index (χ0) is 9.80. The smallest absolute Gasteiger partial charge is 0.321 e. The van der Waals surface area contributed by atoms with E-state index in [0.29, 0.717) is 11.7 Å². The molecule has 5 nitrogen and oxygen atoms in total. The van der Waals surface area contributed by atoms with E-state index in [4.69, 9.17) is 4.74 Å². The first-order valence-corrected chi connectivity index (χ1v) is 5.27. The Morgan fingerprint density at radius 2 is 2.64 bits per heavy atom. The average molecular weight is 213 g/mol. The van der Waals surface area contributed by atoms with Gasteiger partial charge in [-0.2, -0.15) is 0 Å². The molecule has 1 aromatic heterocycles. The van der Waals surface area contributed by atoms with Crippen molar-refractivity contribution in [3.63, 3.8) is 0 Å². The molecule has 1 unspecified atom stereocenters. The molecule has 2 rings (SSSR count). The summed E-state index contributed by atoms with van der Waals surface area (Å²) in [6.45, 7) is 1.33. The second-order valence-electron chi connectivity index (χ2n) is 3.00. The van der Waals surface area contributed by atoms with Gasteiger partial charge in [-0.25, -0.2) is 9.78 Å². The van der Waals surface area contributed by atoms with Crippen molar-refractivity contribution in [3.05, 3.63) is 11.6 Å². The van der Waals surface area contributed by atoms with E-state index in [-0.39, 0.29) is 12.1 Å². The van der Waals surface area contributed by atoms with Crippen molar-refractivity contribution >= 4 is 22.5 Å². The maximum Gasteiger partial charge on any atom is 0.321 e. The first-order chi connectivity index (χ1) is 6.84. The molecule has 2 amide bonds. The van der Waals surface area contributed by atoms with Crippen molar-refractivity contribution in [3.8, 4) is 0 Å². The van der Waals surface area contributed by atoms with E-state index in [1.54, 1.807) is 6.20 Å². The Morgan fingerprint density at radius 3 is 3.29 bits per heavy atom. The maximum absolute atomic E-state index is 11.4. The number of hydrogen-bond acceptors (Lipinski definition) is 4. The van der Waals surface area contributed by atoms with Gasteiger partial charge in [0.05, 0.1) is 12.6 Å². The Balaban J connectivity index is 1.78. The van der Waals surface area contributed by atoms with Crippen LogP contribution in [0.2, 0.25) is 0 Å². The summed E-state index contributed by atoms with van der Waals surface area (Å²) in [6.07, 6.45) is 2.53. The fourth-order valence-electron chi connectivity index (χ4n) is 1.25. The quantitative estimate of drug-likeness (QED) is 0.772. The van der Waals surface area contributed by atoms with E-state index < -0.39 is 0 Å². The van der Waals surface area contributed by atoms with E-state index in [0.717, 1.165) is 13.0 Å². The van der Waals surface area contributed by atoms with Gasteiger partial charge < -0.3 is 10.1 Å². The predicted molar refractivity (Wildman–Crippen MR) is 53.5 cm³/mol. The number of hydrogen-bond donors (Lipinski definition) is 2.